The summed E-state index contributed by atoms with van der Waals surface area (Å²) in [6.45, 7) is 0.701. The molecule has 2 aromatic rings. The third-order valence-corrected chi connectivity index (χ3v) is 2.51. The molecular weight excluding hydrogens is 236 g/mol. The van der Waals surface area contributed by atoms with E-state index in [2.05, 4.69) is 9.97 Å². The molecule has 0 spiro atoms. The number of benzene rings is 1. The minimum atomic E-state index is 0.533. The van der Waals surface area contributed by atoms with Crippen LogP contribution in [0.4, 0.5) is 11.6 Å². The number of anilines is 2. The molecule has 5 heteroatoms. The van der Waals surface area contributed by atoms with E-state index < -0.39 is 0 Å². The van der Waals surface area contributed by atoms with Crippen LogP contribution in [0.25, 0.3) is 0 Å². The summed E-state index contributed by atoms with van der Waals surface area (Å²) in [6.07, 6.45) is 3.17. The Morgan fingerprint density at radius 2 is 2.00 bits per heavy atom. The average Bonchev–Trinajstić information content (AvgIpc) is 2.29. The molecule has 88 valence electrons. The van der Waals surface area contributed by atoms with Crippen molar-refractivity contribution in [3.8, 4) is 0 Å². The van der Waals surface area contributed by atoms with Gasteiger partial charge in [0.15, 0.2) is 0 Å². The third-order valence-electron chi connectivity index (χ3n) is 2.32. The maximum absolute atomic E-state index is 5.74. The fourth-order valence-electron chi connectivity index (χ4n) is 1.54. The van der Waals surface area contributed by atoms with Crippen LogP contribution in [0.5, 0.6) is 0 Å². The molecule has 1 aromatic heterocycles. The van der Waals surface area contributed by atoms with Crippen molar-refractivity contribution in [3.63, 3.8) is 0 Å². The van der Waals surface area contributed by atoms with Crippen LogP contribution in [-0.2, 0) is 6.54 Å². The Hall–Kier alpha value is -1.81. The SMILES string of the molecule is CN(Cc1cccc(N)c1)c1ncc(Cl)cn1. The van der Waals surface area contributed by atoms with Crippen molar-refractivity contribution in [3.05, 3.63) is 47.2 Å². The number of nitrogen functional groups attached to an aromatic ring is 1. The van der Waals surface area contributed by atoms with E-state index in [-0.39, 0.29) is 0 Å². The highest BCUT2D eigenvalue weighted by Crippen LogP contribution is 2.13. The van der Waals surface area contributed by atoms with E-state index in [1.165, 1.54) is 0 Å². The van der Waals surface area contributed by atoms with Crippen LogP contribution in [0, 0.1) is 0 Å². The zero-order valence-electron chi connectivity index (χ0n) is 9.47. The van der Waals surface area contributed by atoms with E-state index in [0.29, 0.717) is 17.5 Å². The molecule has 0 aliphatic heterocycles. The highest BCUT2D eigenvalue weighted by atomic mass is 35.5. The molecule has 0 fully saturated rings. The van der Waals surface area contributed by atoms with Gasteiger partial charge in [-0.3, -0.25) is 0 Å². The molecule has 0 unspecified atom stereocenters. The van der Waals surface area contributed by atoms with Gasteiger partial charge in [0.2, 0.25) is 5.95 Å². The predicted molar refractivity (Wildman–Crippen MR) is 70.0 cm³/mol. The summed E-state index contributed by atoms with van der Waals surface area (Å²) in [5.74, 6) is 0.636. The topological polar surface area (TPSA) is 55.0 Å². The van der Waals surface area contributed by atoms with Crippen molar-refractivity contribution >= 4 is 23.2 Å². The summed E-state index contributed by atoms with van der Waals surface area (Å²) in [4.78, 5) is 10.2. The first-order valence-electron chi connectivity index (χ1n) is 5.18. The maximum atomic E-state index is 5.74. The molecule has 0 amide bonds. The van der Waals surface area contributed by atoms with E-state index in [4.69, 9.17) is 17.3 Å². The van der Waals surface area contributed by atoms with E-state index in [1.807, 2.05) is 36.2 Å². The molecule has 2 rings (SSSR count). The lowest BCUT2D eigenvalue weighted by atomic mass is 10.2. The molecule has 4 nitrogen and oxygen atoms in total. The van der Waals surface area contributed by atoms with Gasteiger partial charge in [-0.05, 0) is 17.7 Å². The lowest BCUT2D eigenvalue weighted by Gasteiger charge is -2.16. The molecule has 17 heavy (non-hydrogen) atoms. The Balaban J connectivity index is 2.11. The molecule has 1 heterocycles. The number of hydrogen-bond donors (Lipinski definition) is 1. The Morgan fingerprint density at radius 1 is 1.29 bits per heavy atom. The molecule has 0 aliphatic rings. The van der Waals surface area contributed by atoms with E-state index in [1.54, 1.807) is 12.4 Å². The summed E-state index contributed by atoms with van der Waals surface area (Å²) in [5, 5.41) is 0.533. The standard InChI is InChI=1S/C12H13ClN4/c1-17(12-15-6-10(13)7-16-12)8-9-3-2-4-11(14)5-9/h2-7H,8,14H2,1H3. The zero-order chi connectivity index (χ0) is 12.3. The summed E-state index contributed by atoms with van der Waals surface area (Å²) in [7, 11) is 1.92. The van der Waals surface area contributed by atoms with Gasteiger partial charge in [-0.2, -0.15) is 0 Å². The predicted octanol–water partition coefficient (Wildman–Crippen LogP) is 2.35. The van der Waals surface area contributed by atoms with Gasteiger partial charge in [0, 0.05) is 19.3 Å². The normalized spacial score (nSPS) is 10.2. The summed E-state index contributed by atoms with van der Waals surface area (Å²) in [6, 6.07) is 7.75. The van der Waals surface area contributed by atoms with Crippen LogP contribution >= 0.6 is 11.6 Å². The van der Waals surface area contributed by atoms with Crippen LogP contribution in [0.1, 0.15) is 5.56 Å². The Morgan fingerprint density at radius 3 is 2.65 bits per heavy atom. The number of halogens is 1. The molecule has 0 aliphatic carbocycles. The average molecular weight is 249 g/mol. The van der Waals surface area contributed by atoms with Crippen molar-refractivity contribution in [2.45, 2.75) is 6.54 Å². The Kier molecular flexibility index (Phi) is 3.44. The molecule has 0 saturated carbocycles. The van der Waals surface area contributed by atoms with E-state index >= 15 is 0 Å². The monoisotopic (exact) mass is 248 g/mol. The van der Waals surface area contributed by atoms with Gasteiger partial charge in [0.05, 0.1) is 17.4 Å². The van der Waals surface area contributed by atoms with Gasteiger partial charge in [-0.1, -0.05) is 23.7 Å². The fraction of sp³-hybridized carbons (Fsp3) is 0.167. The fourth-order valence-corrected chi connectivity index (χ4v) is 1.64. The minimum absolute atomic E-state index is 0.533. The highest BCUT2D eigenvalue weighted by Gasteiger charge is 2.04. The van der Waals surface area contributed by atoms with Gasteiger partial charge < -0.3 is 10.6 Å². The van der Waals surface area contributed by atoms with Crippen LogP contribution in [0.15, 0.2) is 36.7 Å². The van der Waals surface area contributed by atoms with Crippen molar-refractivity contribution in [2.24, 2.45) is 0 Å². The van der Waals surface area contributed by atoms with Gasteiger partial charge in [-0.15, -0.1) is 0 Å². The van der Waals surface area contributed by atoms with Crippen LogP contribution in [0.3, 0.4) is 0 Å². The summed E-state index contributed by atoms with van der Waals surface area (Å²) >= 11 is 5.74. The molecule has 0 atom stereocenters. The molecule has 0 radical (unpaired) electrons. The van der Waals surface area contributed by atoms with Crippen LogP contribution in [-0.4, -0.2) is 17.0 Å². The number of rotatable bonds is 3. The van der Waals surface area contributed by atoms with Crippen LogP contribution < -0.4 is 10.6 Å². The van der Waals surface area contributed by atoms with E-state index in [0.717, 1.165) is 11.3 Å². The first kappa shape index (κ1) is 11.7. The summed E-state index contributed by atoms with van der Waals surface area (Å²) in [5.41, 5.74) is 7.60. The minimum Gasteiger partial charge on any atom is -0.399 e. The largest absolute Gasteiger partial charge is 0.399 e. The number of hydrogen-bond acceptors (Lipinski definition) is 4. The smallest absolute Gasteiger partial charge is 0.225 e. The second-order valence-corrected chi connectivity index (χ2v) is 4.24. The van der Waals surface area contributed by atoms with Gasteiger partial charge in [0.1, 0.15) is 0 Å². The maximum Gasteiger partial charge on any atom is 0.225 e. The van der Waals surface area contributed by atoms with Crippen molar-refractivity contribution in [1.82, 2.24) is 9.97 Å². The van der Waals surface area contributed by atoms with Gasteiger partial charge in [-0.25, -0.2) is 9.97 Å². The van der Waals surface area contributed by atoms with E-state index in [9.17, 15) is 0 Å². The number of nitrogens with two attached hydrogens (primary N) is 1. The van der Waals surface area contributed by atoms with Crippen molar-refractivity contribution in [2.75, 3.05) is 17.7 Å². The number of nitrogens with zero attached hydrogens (tertiary/aromatic N) is 3. The van der Waals surface area contributed by atoms with Crippen molar-refractivity contribution < 1.29 is 0 Å². The zero-order valence-corrected chi connectivity index (χ0v) is 10.2. The summed E-state index contributed by atoms with van der Waals surface area (Å²) < 4.78 is 0. The first-order valence-corrected chi connectivity index (χ1v) is 5.56. The quantitative estimate of drug-likeness (QED) is 0.848. The lowest BCUT2D eigenvalue weighted by molar-refractivity contribution is 0.867. The third kappa shape index (κ3) is 3.07. The van der Waals surface area contributed by atoms with Crippen molar-refractivity contribution in [1.29, 1.82) is 0 Å². The Bertz CT molecular complexity index is 498. The highest BCUT2D eigenvalue weighted by molar-refractivity contribution is 6.30. The molecule has 0 saturated heterocycles. The molecule has 2 N–H and O–H groups in total. The first-order chi connectivity index (χ1) is 8.15. The second kappa shape index (κ2) is 5.01. The molecule has 1 aromatic carbocycles. The second-order valence-electron chi connectivity index (χ2n) is 3.80. The van der Waals surface area contributed by atoms with Gasteiger partial charge in [0.25, 0.3) is 0 Å². The number of aromatic nitrogens is 2. The van der Waals surface area contributed by atoms with Gasteiger partial charge >= 0.3 is 0 Å². The lowest BCUT2D eigenvalue weighted by Crippen LogP contribution is -2.18. The Labute approximate surface area is 105 Å². The van der Waals surface area contributed by atoms with Crippen LogP contribution in [0.2, 0.25) is 5.02 Å². The molecular formula is C12H13ClN4. The molecule has 0 bridgehead atoms.